The molecule has 49 heavy (non-hydrogen) atoms. The second-order valence-corrected chi connectivity index (χ2v) is 12.9. The van der Waals surface area contributed by atoms with Gasteiger partial charge in [0.25, 0.3) is 0 Å². The third-order valence-corrected chi connectivity index (χ3v) is 10.3. The highest BCUT2D eigenvalue weighted by Gasteiger charge is 2.51. The van der Waals surface area contributed by atoms with Crippen molar-refractivity contribution in [3.8, 4) is 33.8 Å². The molecule has 1 aliphatic carbocycles. The van der Waals surface area contributed by atoms with Gasteiger partial charge in [-0.3, -0.25) is 0 Å². The quantitative estimate of drug-likeness (QED) is 0.193. The van der Waals surface area contributed by atoms with Gasteiger partial charge >= 0.3 is 0 Å². The second-order valence-electron chi connectivity index (χ2n) is 12.9. The molecule has 1 aliphatic heterocycles. The van der Waals surface area contributed by atoms with Crippen LogP contribution in [0.5, 0.6) is 11.5 Å². The SMILES string of the molecule is c1ccc(N(c2ccccc2)c2ccc(-c3ccc4c(c3)-c3ccccc3C43c4ccccc4Oc4cc5ccccc5cc43)cc2)cc1. The fraction of sp³-hybridized carbons (Fsp3) is 0.0213. The Balaban J connectivity index is 1.14. The summed E-state index contributed by atoms with van der Waals surface area (Å²) in [5.74, 6) is 1.83. The number of ether oxygens (including phenoxy) is 1. The Morgan fingerprint density at radius 2 is 0.898 bits per heavy atom. The van der Waals surface area contributed by atoms with Crippen LogP contribution in [0.2, 0.25) is 0 Å². The van der Waals surface area contributed by atoms with E-state index in [0.29, 0.717) is 0 Å². The highest BCUT2D eigenvalue weighted by Crippen LogP contribution is 2.62. The molecule has 0 radical (unpaired) electrons. The number of rotatable bonds is 4. The Kier molecular flexibility index (Phi) is 6.13. The van der Waals surface area contributed by atoms with Crippen molar-refractivity contribution in [2.24, 2.45) is 0 Å². The lowest BCUT2D eigenvalue weighted by atomic mass is 9.65. The Labute approximate surface area is 286 Å². The summed E-state index contributed by atoms with van der Waals surface area (Å²) in [4.78, 5) is 2.30. The molecule has 230 valence electrons. The van der Waals surface area contributed by atoms with Crippen molar-refractivity contribution in [3.05, 3.63) is 210 Å². The number of nitrogens with zero attached hydrogens (tertiary/aromatic N) is 1. The fourth-order valence-corrected chi connectivity index (χ4v) is 8.17. The fourth-order valence-electron chi connectivity index (χ4n) is 8.17. The first kappa shape index (κ1) is 27.7. The van der Waals surface area contributed by atoms with Crippen molar-refractivity contribution in [2.75, 3.05) is 4.90 Å². The molecule has 8 aromatic rings. The van der Waals surface area contributed by atoms with Crippen molar-refractivity contribution in [1.29, 1.82) is 0 Å². The number of anilines is 3. The van der Waals surface area contributed by atoms with Crippen molar-refractivity contribution in [3.63, 3.8) is 0 Å². The van der Waals surface area contributed by atoms with Gasteiger partial charge in [0.05, 0.1) is 5.41 Å². The molecule has 0 N–H and O–H groups in total. The maximum atomic E-state index is 6.69. The predicted molar refractivity (Wildman–Crippen MR) is 201 cm³/mol. The molecule has 1 atom stereocenters. The summed E-state index contributed by atoms with van der Waals surface area (Å²) in [6, 6.07) is 67.8. The first-order chi connectivity index (χ1) is 24.3. The molecule has 2 heteroatoms. The monoisotopic (exact) mass is 625 g/mol. The van der Waals surface area contributed by atoms with E-state index in [1.54, 1.807) is 0 Å². The van der Waals surface area contributed by atoms with Gasteiger partial charge in [-0.05, 0) is 105 Å². The van der Waals surface area contributed by atoms with Crippen molar-refractivity contribution in [2.45, 2.75) is 5.41 Å². The van der Waals surface area contributed by atoms with E-state index < -0.39 is 5.41 Å². The van der Waals surface area contributed by atoms with Crippen molar-refractivity contribution in [1.82, 2.24) is 0 Å². The zero-order valence-corrected chi connectivity index (χ0v) is 26.8. The smallest absolute Gasteiger partial charge is 0.132 e. The average molecular weight is 626 g/mol. The zero-order chi connectivity index (χ0) is 32.4. The van der Waals surface area contributed by atoms with Crippen LogP contribution in [-0.4, -0.2) is 0 Å². The Morgan fingerprint density at radius 3 is 1.63 bits per heavy atom. The standard InChI is InChI=1S/C47H31NO/c1-3-15-36(16-4-1)48(37-17-5-2-6-18-37)38-26-23-32(24-27-38)35-25-28-42-40(29-35)39-19-9-10-20-41(39)47(42)43-21-11-12-22-45(43)49-46-31-34-14-8-7-13-33(34)30-44(46)47/h1-31H. The van der Waals surface area contributed by atoms with Gasteiger partial charge in [-0.25, -0.2) is 0 Å². The van der Waals surface area contributed by atoms with Crippen molar-refractivity contribution >= 4 is 27.8 Å². The van der Waals surface area contributed by atoms with Gasteiger partial charge in [0.1, 0.15) is 11.5 Å². The summed E-state index contributed by atoms with van der Waals surface area (Å²) in [7, 11) is 0. The lowest BCUT2D eigenvalue weighted by Gasteiger charge is -2.39. The van der Waals surface area contributed by atoms with Crippen LogP contribution in [0.4, 0.5) is 17.1 Å². The van der Waals surface area contributed by atoms with Crippen LogP contribution in [-0.2, 0) is 5.41 Å². The minimum atomic E-state index is -0.492. The Bertz CT molecular complexity index is 2480. The van der Waals surface area contributed by atoms with Crippen LogP contribution in [0.3, 0.4) is 0 Å². The van der Waals surface area contributed by atoms with Crippen LogP contribution in [0.25, 0.3) is 33.0 Å². The van der Waals surface area contributed by atoms with Gasteiger partial charge in [-0.15, -0.1) is 0 Å². The summed E-state index contributed by atoms with van der Waals surface area (Å²) < 4.78 is 6.69. The number of para-hydroxylation sites is 3. The third-order valence-electron chi connectivity index (χ3n) is 10.3. The van der Waals surface area contributed by atoms with Crippen LogP contribution < -0.4 is 9.64 Å². The first-order valence-electron chi connectivity index (χ1n) is 16.8. The number of hydrogen-bond acceptors (Lipinski definition) is 2. The van der Waals surface area contributed by atoms with Crippen LogP contribution in [0.1, 0.15) is 22.3 Å². The largest absolute Gasteiger partial charge is 0.457 e. The minimum absolute atomic E-state index is 0.492. The summed E-state index contributed by atoms with van der Waals surface area (Å²) >= 11 is 0. The Morgan fingerprint density at radius 1 is 0.347 bits per heavy atom. The molecule has 8 aromatic carbocycles. The number of fused-ring (bicyclic) bond motifs is 10. The van der Waals surface area contributed by atoms with E-state index in [-0.39, 0.29) is 0 Å². The second kappa shape index (κ2) is 10.8. The van der Waals surface area contributed by atoms with E-state index in [1.165, 1.54) is 55.3 Å². The molecular formula is C47H31NO. The summed E-state index contributed by atoms with van der Waals surface area (Å²) in [5.41, 5.74) is 12.8. The van der Waals surface area contributed by atoms with Gasteiger partial charge < -0.3 is 9.64 Å². The average Bonchev–Trinajstić information content (AvgIpc) is 3.46. The molecule has 1 spiro atoms. The topological polar surface area (TPSA) is 12.5 Å². The maximum Gasteiger partial charge on any atom is 0.132 e. The van der Waals surface area contributed by atoms with Gasteiger partial charge in [-0.2, -0.15) is 0 Å². The normalized spacial score (nSPS) is 15.2. The molecule has 2 aliphatic rings. The summed E-state index contributed by atoms with van der Waals surface area (Å²) in [5, 5.41) is 2.39. The Hall–Kier alpha value is -6.38. The molecule has 1 heterocycles. The van der Waals surface area contributed by atoms with E-state index in [0.717, 1.165) is 28.6 Å². The molecular weight excluding hydrogens is 595 g/mol. The van der Waals surface area contributed by atoms with Gasteiger partial charge in [0.2, 0.25) is 0 Å². The molecule has 0 saturated carbocycles. The molecule has 2 nitrogen and oxygen atoms in total. The number of benzene rings is 8. The molecule has 1 unspecified atom stereocenters. The van der Waals surface area contributed by atoms with Crippen LogP contribution in [0, 0.1) is 0 Å². The van der Waals surface area contributed by atoms with Gasteiger partial charge in [-0.1, -0.05) is 127 Å². The molecule has 0 bridgehead atoms. The summed E-state index contributed by atoms with van der Waals surface area (Å²) in [6.07, 6.45) is 0. The van der Waals surface area contributed by atoms with E-state index in [9.17, 15) is 0 Å². The lowest BCUT2D eigenvalue weighted by Crippen LogP contribution is -2.32. The lowest BCUT2D eigenvalue weighted by molar-refractivity contribution is 0.437. The van der Waals surface area contributed by atoms with Gasteiger partial charge in [0, 0.05) is 28.2 Å². The van der Waals surface area contributed by atoms with E-state index in [2.05, 4.69) is 193 Å². The number of hydrogen-bond donors (Lipinski definition) is 0. The van der Waals surface area contributed by atoms with E-state index in [4.69, 9.17) is 4.74 Å². The highest BCUT2D eigenvalue weighted by atomic mass is 16.5. The van der Waals surface area contributed by atoms with Crippen LogP contribution in [0.15, 0.2) is 188 Å². The molecule has 0 fully saturated rings. The molecule has 0 saturated heterocycles. The summed E-state index contributed by atoms with van der Waals surface area (Å²) in [6.45, 7) is 0. The molecule has 0 amide bonds. The first-order valence-corrected chi connectivity index (χ1v) is 16.8. The van der Waals surface area contributed by atoms with Crippen LogP contribution >= 0.6 is 0 Å². The zero-order valence-electron chi connectivity index (χ0n) is 26.8. The molecule has 0 aromatic heterocycles. The van der Waals surface area contributed by atoms with Crippen molar-refractivity contribution < 1.29 is 4.74 Å². The predicted octanol–water partition coefficient (Wildman–Crippen LogP) is 12.4. The van der Waals surface area contributed by atoms with E-state index >= 15 is 0 Å². The van der Waals surface area contributed by atoms with E-state index in [1.807, 2.05) is 0 Å². The molecule has 10 rings (SSSR count). The minimum Gasteiger partial charge on any atom is -0.457 e. The maximum absolute atomic E-state index is 6.69. The van der Waals surface area contributed by atoms with Gasteiger partial charge in [0.15, 0.2) is 0 Å². The highest BCUT2D eigenvalue weighted by molar-refractivity contribution is 5.94. The third kappa shape index (κ3) is 4.14.